The Balaban J connectivity index is 0.00000784. The van der Waals surface area contributed by atoms with Crippen LogP contribution in [-0.2, 0) is 0 Å². The first-order valence-electron chi connectivity index (χ1n) is 11.9. The third-order valence-electron chi connectivity index (χ3n) is 5.53. The van der Waals surface area contributed by atoms with Gasteiger partial charge in [-0.25, -0.2) is 5.84 Å². The fourth-order valence-electron chi connectivity index (χ4n) is 3.68. The number of hydrazine groups is 1. The number of nitrogens with zero attached hydrogens (tertiary/aromatic N) is 1. The van der Waals surface area contributed by atoms with Gasteiger partial charge < -0.3 is 0 Å². The smallest absolute Gasteiger partial charge is 0.267 e. The zero-order chi connectivity index (χ0) is 20.3. The van der Waals surface area contributed by atoms with Gasteiger partial charge in [0.2, 0.25) is 0 Å². The Kier molecular flexibility index (Phi) is 19.0. The molecule has 0 fully saturated rings. The first-order valence-corrected chi connectivity index (χ1v) is 11.9. The molecule has 0 radical (unpaired) electrons. The number of carbonyl (C=O) groups excluding carboxylic acids is 1. The van der Waals surface area contributed by atoms with Gasteiger partial charge in [-0.15, -0.1) is 0 Å². The maximum Gasteiger partial charge on any atom is 0.267 e. The maximum atomic E-state index is 12.1. The topological polar surface area (TPSA) is 46.3 Å². The van der Waals surface area contributed by atoms with Crippen LogP contribution in [0, 0.1) is 0 Å². The molecule has 3 heteroatoms. The lowest BCUT2D eigenvalue weighted by Crippen LogP contribution is -2.38. The number of amides is 1. The van der Waals surface area contributed by atoms with Crippen molar-refractivity contribution in [3.8, 4) is 0 Å². The number of unbranched alkanes of at least 4 members (excludes halogenated alkanes) is 15. The van der Waals surface area contributed by atoms with Crippen molar-refractivity contribution in [3.05, 3.63) is 35.9 Å². The zero-order valence-electron chi connectivity index (χ0n) is 18.3. The molecule has 0 unspecified atom stereocenters. The highest BCUT2D eigenvalue weighted by Crippen LogP contribution is 2.14. The van der Waals surface area contributed by atoms with E-state index in [1.54, 1.807) is 0 Å². The summed E-state index contributed by atoms with van der Waals surface area (Å²) in [4.78, 5) is 12.1. The molecule has 0 aliphatic heterocycles. The molecule has 0 aromatic heterocycles. The predicted molar refractivity (Wildman–Crippen MR) is 128 cm³/mol. The van der Waals surface area contributed by atoms with Gasteiger partial charge in [-0.3, -0.25) is 9.80 Å². The van der Waals surface area contributed by atoms with Crippen LogP contribution in [-0.4, -0.2) is 17.5 Å². The van der Waals surface area contributed by atoms with Crippen LogP contribution in [0.2, 0.25) is 0 Å². The fraction of sp³-hybridized carbons (Fsp3) is 0.731. The van der Waals surface area contributed by atoms with Crippen LogP contribution >= 0.6 is 0 Å². The summed E-state index contributed by atoms with van der Waals surface area (Å²) < 4.78 is 0. The lowest BCUT2D eigenvalue weighted by Gasteiger charge is -2.16. The minimum Gasteiger partial charge on any atom is -0.277 e. The molecule has 1 aromatic rings. The van der Waals surface area contributed by atoms with E-state index >= 15 is 0 Å². The minimum absolute atomic E-state index is 0. The maximum absolute atomic E-state index is 12.1. The highest BCUT2D eigenvalue weighted by Gasteiger charge is 2.10. The van der Waals surface area contributed by atoms with Crippen molar-refractivity contribution in [1.82, 2.24) is 5.01 Å². The molecule has 0 atom stereocenters. The van der Waals surface area contributed by atoms with Crippen molar-refractivity contribution < 1.29 is 4.79 Å². The van der Waals surface area contributed by atoms with Crippen molar-refractivity contribution >= 4 is 5.91 Å². The molecule has 0 saturated heterocycles. The SMILES string of the molecule is C.CCCCCCCCCCCCCCCCCCN(N)C(=O)c1ccccc1. The molecule has 168 valence electrons. The Morgan fingerprint density at radius 2 is 1.07 bits per heavy atom. The van der Waals surface area contributed by atoms with E-state index in [0.717, 1.165) is 12.8 Å². The second kappa shape index (κ2) is 19.9. The summed E-state index contributed by atoms with van der Waals surface area (Å²) in [5.41, 5.74) is 0.668. The monoisotopic (exact) mass is 404 g/mol. The van der Waals surface area contributed by atoms with E-state index in [1.165, 1.54) is 94.9 Å². The van der Waals surface area contributed by atoms with Gasteiger partial charge in [0.05, 0.1) is 0 Å². The first kappa shape index (κ1) is 27.6. The van der Waals surface area contributed by atoms with Crippen molar-refractivity contribution in [2.24, 2.45) is 5.84 Å². The van der Waals surface area contributed by atoms with E-state index in [4.69, 9.17) is 5.84 Å². The van der Waals surface area contributed by atoms with Crippen LogP contribution in [0.5, 0.6) is 0 Å². The number of carbonyl (C=O) groups is 1. The molecule has 1 amide bonds. The second-order valence-corrected chi connectivity index (χ2v) is 8.17. The van der Waals surface area contributed by atoms with Gasteiger partial charge in [0.15, 0.2) is 0 Å². The fourth-order valence-corrected chi connectivity index (χ4v) is 3.68. The van der Waals surface area contributed by atoms with Gasteiger partial charge in [0.1, 0.15) is 0 Å². The van der Waals surface area contributed by atoms with Crippen LogP contribution in [0.1, 0.15) is 127 Å². The molecule has 0 heterocycles. The van der Waals surface area contributed by atoms with Gasteiger partial charge in [-0.2, -0.15) is 0 Å². The Hall–Kier alpha value is -1.35. The summed E-state index contributed by atoms with van der Waals surface area (Å²) in [6.45, 7) is 2.93. The normalized spacial score (nSPS) is 10.6. The lowest BCUT2D eigenvalue weighted by molar-refractivity contribution is 0.0752. The van der Waals surface area contributed by atoms with E-state index in [9.17, 15) is 4.79 Å². The van der Waals surface area contributed by atoms with Gasteiger partial charge in [-0.05, 0) is 18.6 Å². The summed E-state index contributed by atoms with van der Waals surface area (Å²) in [5, 5.41) is 1.36. The molecule has 29 heavy (non-hydrogen) atoms. The van der Waals surface area contributed by atoms with Crippen LogP contribution in [0.25, 0.3) is 0 Å². The van der Waals surface area contributed by atoms with Gasteiger partial charge >= 0.3 is 0 Å². The summed E-state index contributed by atoms with van der Waals surface area (Å²) in [5.74, 6) is 5.81. The Morgan fingerprint density at radius 3 is 1.48 bits per heavy atom. The molecule has 2 N–H and O–H groups in total. The van der Waals surface area contributed by atoms with Gasteiger partial charge in [0, 0.05) is 12.1 Å². The van der Waals surface area contributed by atoms with Crippen molar-refractivity contribution in [3.63, 3.8) is 0 Å². The average molecular weight is 405 g/mol. The number of nitrogens with two attached hydrogens (primary N) is 1. The first-order chi connectivity index (χ1) is 13.8. The predicted octanol–water partition coefficient (Wildman–Crippen LogP) is 7.90. The molecule has 0 bridgehead atoms. The quantitative estimate of drug-likeness (QED) is 0.117. The zero-order valence-corrected chi connectivity index (χ0v) is 18.3. The molecule has 3 nitrogen and oxygen atoms in total. The van der Waals surface area contributed by atoms with Gasteiger partial charge in [-0.1, -0.05) is 129 Å². The summed E-state index contributed by atoms with van der Waals surface area (Å²) in [6.07, 6.45) is 21.6. The van der Waals surface area contributed by atoms with Crippen LogP contribution in [0.4, 0.5) is 0 Å². The molecular weight excluding hydrogens is 356 g/mol. The Bertz CT molecular complexity index is 475. The largest absolute Gasteiger partial charge is 0.277 e. The lowest BCUT2D eigenvalue weighted by atomic mass is 10.0. The summed E-state index contributed by atoms with van der Waals surface area (Å²) >= 11 is 0. The number of hydrogen-bond acceptors (Lipinski definition) is 2. The molecule has 0 aliphatic rings. The minimum atomic E-state index is -0.0819. The van der Waals surface area contributed by atoms with Crippen molar-refractivity contribution in [1.29, 1.82) is 0 Å². The van der Waals surface area contributed by atoms with E-state index in [1.807, 2.05) is 30.3 Å². The van der Waals surface area contributed by atoms with Crippen LogP contribution in [0.3, 0.4) is 0 Å². The Morgan fingerprint density at radius 1 is 0.690 bits per heavy atom. The summed E-state index contributed by atoms with van der Waals surface area (Å²) in [6, 6.07) is 9.28. The third kappa shape index (κ3) is 15.2. The summed E-state index contributed by atoms with van der Waals surface area (Å²) in [7, 11) is 0. The average Bonchev–Trinajstić information content (AvgIpc) is 2.73. The third-order valence-corrected chi connectivity index (χ3v) is 5.53. The Labute approximate surface area is 181 Å². The van der Waals surface area contributed by atoms with E-state index in [-0.39, 0.29) is 13.3 Å². The number of benzene rings is 1. The molecule has 1 aromatic carbocycles. The second-order valence-electron chi connectivity index (χ2n) is 8.17. The molecule has 0 aliphatic carbocycles. The molecule has 1 rings (SSSR count). The molecular formula is C26H48N2O. The highest BCUT2D eigenvalue weighted by atomic mass is 16.2. The van der Waals surface area contributed by atoms with E-state index in [2.05, 4.69) is 6.92 Å². The highest BCUT2D eigenvalue weighted by molar-refractivity contribution is 5.93. The van der Waals surface area contributed by atoms with Crippen molar-refractivity contribution in [2.45, 2.75) is 117 Å². The van der Waals surface area contributed by atoms with E-state index in [0.29, 0.717) is 12.1 Å². The van der Waals surface area contributed by atoms with Crippen molar-refractivity contribution in [2.75, 3.05) is 6.54 Å². The molecule has 0 saturated carbocycles. The number of rotatable bonds is 18. The molecule has 0 spiro atoms. The van der Waals surface area contributed by atoms with Crippen LogP contribution < -0.4 is 5.84 Å². The van der Waals surface area contributed by atoms with Crippen LogP contribution in [0.15, 0.2) is 30.3 Å². The standard InChI is InChI=1S/C25H44N2O.CH4/c1-2-3-4-5-6-7-8-9-10-11-12-13-14-15-16-20-23-27(26)25(28)24-21-18-17-19-22-24;/h17-19,21-22H,2-16,20,23,26H2,1H3;1H4. The van der Waals surface area contributed by atoms with E-state index < -0.39 is 0 Å². The number of hydrogen-bond donors (Lipinski definition) is 1. The van der Waals surface area contributed by atoms with Gasteiger partial charge in [0.25, 0.3) is 5.91 Å².